The van der Waals surface area contributed by atoms with E-state index in [1.54, 1.807) is 6.08 Å². The summed E-state index contributed by atoms with van der Waals surface area (Å²) < 4.78 is 23.8. The van der Waals surface area contributed by atoms with E-state index in [0.717, 1.165) is 44.9 Å². The van der Waals surface area contributed by atoms with Crippen LogP contribution in [0.15, 0.2) is 48.6 Å². The first-order valence-electron chi connectivity index (χ1n) is 35.0. The molecule has 9 heteroatoms. The van der Waals surface area contributed by atoms with Crippen molar-refractivity contribution in [2.75, 3.05) is 40.9 Å². The Kier molecular flexibility index (Phi) is 60.8. The smallest absolute Gasteiger partial charge is 0.387 e. The SMILES string of the molecule is CCCCCCC/C=C\C/C=C\CCCCCCCCCCCCCCCCCCCC(=O)NC(COP(=O)(O)OCC[N+](C)(C)C)C(O)/C=C/CC/C=C/CCCCCCCCCCCCCCCCCCCCCCCCC. The number of unbranched alkanes of at least 4 members (excludes halogenated alkanes) is 46. The van der Waals surface area contributed by atoms with Gasteiger partial charge in [0.05, 0.1) is 39.9 Å². The second kappa shape index (κ2) is 62.0. The number of hydrogen-bond donors (Lipinski definition) is 3. The van der Waals surface area contributed by atoms with Crippen molar-refractivity contribution in [3.05, 3.63) is 48.6 Å². The normalized spacial score (nSPS) is 13.9. The first-order chi connectivity index (χ1) is 39.0. The lowest BCUT2D eigenvalue weighted by Gasteiger charge is -2.25. The molecule has 0 heterocycles. The number of likely N-dealkylation sites (N-methyl/N-ethyl adjacent to an activating group) is 1. The van der Waals surface area contributed by atoms with Crippen molar-refractivity contribution in [2.24, 2.45) is 0 Å². The molecular formula is C71H138N2O6P+. The minimum Gasteiger partial charge on any atom is -0.387 e. The van der Waals surface area contributed by atoms with Gasteiger partial charge in [0.25, 0.3) is 0 Å². The quantitative estimate of drug-likeness (QED) is 0.0243. The lowest BCUT2D eigenvalue weighted by atomic mass is 10.0. The van der Waals surface area contributed by atoms with Gasteiger partial charge >= 0.3 is 7.82 Å². The predicted molar refractivity (Wildman–Crippen MR) is 351 cm³/mol. The Hall–Kier alpha value is -1.54. The summed E-state index contributed by atoms with van der Waals surface area (Å²) in [6.45, 7) is 4.84. The number of nitrogens with one attached hydrogen (secondary N) is 1. The number of hydrogen-bond acceptors (Lipinski definition) is 5. The van der Waals surface area contributed by atoms with Gasteiger partial charge in [0.1, 0.15) is 13.2 Å². The second-order valence-electron chi connectivity index (χ2n) is 25.3. The minimum atomic E-state index is -4.36. The van der Waals surface area contributed by atoms with Gasteiger partial charge in [0.15, 0.2) is 0 Å². The summed E-state index contributed by atoms with van der Waals surface area (Å²) in [5, 5.41) is 14.0. The lowest BCUT2D eigenvalue weighted by Crippen LogP contribution is -2.45. The van der Waals surface area contributed by atoms with E-state index in [1.165, 1.54) is 283 Å². The Morgan fingerprint density at radius 2 is 0.725 bits per heavy atom. The predicted octanol–water partition coefficient (Wildman–Crippen LogP) is 22.2. The van der Waals surface area contributed by atoms with Crippen LogP contribution >= 0.6 is 7.82 Å². The molecule has 3 atom stereocenters. The van der Waals surface area contributed by atoms with Crippen molar-refractivity contribution in [1.29, 1.82) is 0 Å². The Morgan fingerprint density at radius 1 is 0.425 bits per heavy atom. The molecule has 0 aromatic heterocycles. The molecule has 0 aliphatic rings. The average Bonchev–Trinajstić information content (AvgIpc) is 3.42. The number of carbonyl (C=O) groups excluding carboxylic acids is 1. The largest absolute Gasteiger partial charge is 0.472 e. The standard InChI is InChI=1S/C71H137N2O6P/c1-6-8-10-12-14-16-18-20-22-24-26-28-30-32-34-36-38-40-42-44-46-48-50-52-54-56-58-60-62-64-70(74)69(68-79-80(76,77)78-67-66-73(3,4)5)72-71(75)65-63-61-59-57-55-53-51-49-47-45-43-41-39-37-35-33-31-29-27-25-23-21-19-17-15-13-11-9-7-2/h19,21,25,27,54,56,62,64,69-70,74H,6-18,20,22-24,26,28-53,55,57-61,63,65-68H2,1-5H3,(H-,72,75,76,77)/p+1/b21-19-,27-25-,56-54+,64-62+. The van der Waals surface area contributed by atoms with Gasteiger partial charge in [-0.1, -0.05) is 326 Å². The number of allylic oxidation sites excluding steroid dienone is 7. The van der Waals surface area contributed by atoms with E-state index in [4.69, 9.17) is 9.05 Å². The fraction of sp³-hybridized carbons (Fsp3) is 0.873. The highest BCUT2D eigenvalue weighted by Crippen LogP contribution is 2.43. The number of aliphatic hydroxyl groups excluding tert-OH is 1. The molecule has 0 spiro atoms. The van der Waals surface area contributed by atoms with Gasteiger partial charge in [0, 0.05) is 6.42 Å². The van der Waals surface area contributed by atoms with Gasteiger partial charge < -0.3 is 19.8 Å². The third-order valence-corrected chi connectivity index (χ3v) is 17.0. The molecule has 0 aromatic carbocycles. The highest BCUT2D eigenvalue weighted by molar-refractivity contribution is 7.47. The van der Waals surface area contributed by atoms with E-state index in [-0.39, 0.29) is 19.1 Å². The van der Waals surface area contributed by atoms with Gasteiger partial charge in [-0.05, 0) is 64.2 Å². The molecule has 80 heavy (non-hydrogen) atoms. The summed E-state index contributed by atoms with van der Waals surface area (Å²) in [4.78, 5) is 23.4. The van der Waals surface area contributed by atoms with E-state index in [2.05, 4.69) is 55.6 Å². The summed E-state index contributed by atoms with van der Waals surface area (Å²) in [7, 11) is 1.57. The Morgan fingerprint density at radius 3 is 1.07 bits per heavy atom. The van der Waals surface area contributed by atoms with E-state index in [0.29, 0.717) is 17.4 Å². The molecule has 3 N–H and O–H groups in total. The topological polar surface area (TPSA) is 105 Å². The molecule has 0 radical (unpaired) electrons. The number of phosphoric ester groups is 1. The van der Waals surface area contributed by atoms with Crippen LogP contribution in [0.25, 0.3) is 0 Å². The van der Waals surface area contributed by atoms with Gasteiger partial charge in [0.2, 0.25) is 5.91 Å². The first kappa shape index (κ1) is 78.5. The van der Waals surface area contributed by atoms with Crippen LogP contribution in [-0.2, 0) is 18.4 Å². The lowest BCUT2D eigenvalue weighted by molar-refractivity contribution is -0.870. The van der Waals surface area contributed by atoms with Crippen LogP contribution in [0.3, 0.4) is 0 Å². The van der Waals surface area contributed by atoms with Crippen molar-refractivity contribution in [3.8, 4) is 0 Å². The van der Waals surface area contributed by atoms with Gasteiger partial charge in [-0.25, -0.2) is 4.57 Å². The van der Waals surface area contributed by atoms with Crippen molar-refractivity contribution in [2.45, 2.75) is 360 Å². The molecule has 0 fully saturated rings. The highest BCUT2D eigenvalue weighted by atomic mass is 31.2. The number of rotatable bonds is 65. The molecule has 0 saturated heterocycles. The number of amides is 1. The van der Waals surface area contributed by atoms with Crippen LogP contribution < -0.4 is 5.32 Å². The third-order valence-electron chi connectivity index (χ3n) is 16.0. The number of quaternary nitrogens is 1. The Bertz CT molecular complexity index is 1440. The van der Waals surface area contributed by atoms with Crippen molar-refractivity contribution in [1.82, 2.24) is 5.32 Å². The number of phosphoric acid groups is 1. The fourth-order valence-electron chi connectivity index (χ4n) is 10.6. The van der Waals surface area contributed by atoms with E-state index in [1.807, 2.05) is 27.2 Å². The van der Waals surface area contributed by atoms with Crippen molar-refractivity contribution in [3.63, 3.8) is 0 Å². The Balaban J connectivity index is 4.09. The highest BCUT2D eigenvalue weighted by Gasteiger charge is 2.28. The molecule has 0 aliphatic heterocycles. The molecule has 3 unspecified atom stereocenters. The molecule has 472 valence electrons. The third kappa shape index (κ3) is 64.0. The maximum Gasteiger partial charge on any atom is 0.472 e. The molecule has 0 aromatic rings. The summed E-state index contributed by atoms with van der Waals surface area (Å²) >= 11 is 0. The molecule has 8 nitrogen and oxygen atoms in total. The maximum atomic E-state index is 13.0. The number of carbonyl (C=O) groups is 1. The van der Waals surface area contributed by atoms with Crippen LogP contribution in [0.1, 0.15) is 348 Å². The zero-order valence-corrected chi connectivity index (χ0v) is 55.0. The van der Waals surface area contributed by atoms with Crippen LogP contribution in [0.4, 0.5) is 0 Å². The molecule has 0 bridgehead atoms. The monoisotopic (exact) mass is 1150 g/mol. The summed E-state index contributed by atoms with van der Waals surface area (Å²) in [6.07, 6.45) is 84.1. The van der Waals surface area contributed by atoms with Gasteiger partial charge in [-0.3, -0.25) is 13.8 Å². The van der Waals surface area contributed by atoms with Gasteiger partial charge in [-0.2, -0.15) is 0 Å². The zero-order chi connectivity index (χ0) is 58.4. The van der Waals surface area contributed by atoms with Crippen molar-refractivity contribution < 1.29 is 32.9 Å². The minimum absolute atomic E-state index is 0.0569. The fourth-order valence-corrected chi connectivity index (χ4v) is 11.3. The second-order valence-corrected chi connectivity index (χ2v) is 26.7. The van der Waals surface area contributed by atoms with E-state index in [9.17, 15) is 19.4 Å². The molecule has 0 aliphatic carbocycles. The summed E-state index contributed by atoms with van der Waals surface area (Å²) in [5.41, 5.74) is 0. The molecule has 0 rings (SSSR count). The van der Waals surface area contributed by atoms with E-state index < -0.39 is 20.0 Å². The van der Waals surface area contributed by atoms with E-state index >= 15 is 0 Å². The summed E-state index contributed by atoms with van der Waals surface area (Å²) in [6, 6.07) is -0.865. The van der Waals surface area contributed by atoms with Crippen LogP contribution in [-0.4, -0.2) is 73.4 Å². The number of aliphatic hydroxyl groups is 1. The van der Waals surface area contributed by atoms with Crippen LogP contribution in [0.5, 0.6) is 0 Å². The number of nitrogens with zero attached hydrogens (tertiary/aromatic N) is 1. The van der Waals surface area contributed by atoms with Crippen LogP contribution in [0.2, 0.25) is 0 Å². The van der Waals surface area contributed by atoms with Crippen LogP contribution in [0, 0.1) is 0 Å². The maximum absolute atomic E-state index is 13.0. The summed E-state index contributed by atoms with van der Waals surface area (Å²) in [5.74, 6) is -0.181. The zero-order valence-electron chi connectivity index (χ0n) is 54.1. The molecule has 1 amide bonds. The molecular weight excluding hydrogens is 1010 g/mol. The molecule has 0 saturated carbocycles. The van der Waals surface area contributed by atoms with Crippen molar-refractivity contribution >= 4 is 13.7 Å². The van der Waals surface area contributed by atoms with Gasteiger partial charge in [-0.15, -0.1) is 0 Å². The Labute approximate surface area is 499 Å². The first-order valence-corrected chi connectivity index (χ1v) is 36.5. The average molecular weight is 1150 g/mol.